The Morgan fingerprint density at radius 1 is 1.15 bits per heavy atom. The zero-order valence-electron chi connectivity index (χ0n) is 10.4. The van der Waals surface area contributed by atoms with E-state index in [0.717, 1.165) is 4.47 Å². The lowest BCUT2D eigenvalue weighted by Crippen LogP contribution is -2.14. The Morgan fingerprint density at radius 2 is 1.80 bits per heavy atom. The number of nitrogens with one attached hydrogen (secondary N) is 1. The topological polar surface area (TPSA) is 38.3 Å². The van der Waals surface area contributed by atoms with Gasteiger partial charge in [0, 0.05) is 8.95 Å². The summed E-state index contributed by atoms with van der Waals surface area (Å²) in [6.07, 6.45) is 0. The lowest BCUT2D eigenvalue weighted by molar-refractivity contribution is 0.102. The fourth-order valence-electron chi connectivity index (χ4n) is 1.64. The van der Waals surface area contributed by atoms with Gasteiger partial charge in [-0.15, -0.1) is 0 Å². The molecular formula is C14H10Br2FNO2. The van der Waals surface area contributed by atoms with Crippen LogP contribution in [0.3, 0.4) is 0 Å². The molecule has 1 N–H and O–H groups in total. The van der Waals surface area contributed by atoms with Crippen LogP contribution in [0.1, 0.15) is 10.4 Å². The Labute approximate surface area is 132 Å². The maximum atomic E-state index is 13.7. The Bertz CT molecular complexity index is 662. The number of benzene rings is 2. The van der Waals surface area contributed by atoms with Gasteiger partial charge in [-0.05, 0) is 36.4 Å². The molecule has 3 nitrogen and oxygen atoms in total. The maximum Gasteiger partial charge on any atom is 0.259 e. The van der Waals surface area contributed by atoms with Crippen LogP contribution in [0.15, 0.2) is 45.3 Å². The van der Waals surface area contributed by atoms with E-state index >= 15 is 0 Å². The van der Waals surface area contributed by atoms with E-state index in [1.807, 2.05) is 0 Å². The zero-order valence-corrected chi connectivity index (χ0v) is 13.6. The van der Waals surface area contributed by atoms with Gasteiger partial charge in [-0.3, -0.25) is 4.79 Å². The first kappa shape index (κ1) is 15.0. The van der Waals surface area contributed by atoms with Gasteiger partial charge in [0.1, 0.15) is 11.6 Å². The summed E-state index contributed by atoms with van der Waals surface area (Å²) >= 11 is 6.45. The van der Waals surface area contributed by atoms with Crippen LogP contribution >= 0.6 is 31.9 Å². The van der Waals surface area contributed by atoms with Crippen molar-refractivity contribution in [1.82, 2.24) is 0 Å². The van der Waals surface area contributed by atoms with E-state index in [1.165, 1.54) is 19.2 Å². The molecule has 104 valence electrons. The van der Waals surface area contributed by atoms with Crippen molar-refractivity contribution >= 4 is 43.5 Å². The number of anilines is 1. The third kappa shape index (κ3) is 3.37. The number of hydrogen-bond donors (Lipinski definition) is 1. The molecular weight excluding hydrogens is 393 g/mol. The van der Waals surface area contributed by atoms with E-state index in [0.29, 0.717) is 15.8 Å². The minimum atomic E-state index is -0.512. The van der Waals surface area contributed by atoms with Crippen molar-refractivity contribution in [3.8, 4) is 5.75 Å². The number of ether oxygens (including phenoxy) is 1. The molecule has 2 aromatic rings. The maximum absolute atomic E-state index is 13.7. The second-order valence-corrected chi connectivity index (χ2v) is 5.75. The number of hydrogen-bond acceptors (Lipinski definition) is 2. The Morgan fingerprint density at radius 3 is 2.45 bits per heavy atom. The highest BCUT2D eigenvalue weighted by atomic mass is 79.9. The van der Waals surface area contributed by atoms with Gasteiger partial charge in [-0.2, -0.15) is 0 Å². The SMILES string of the molecule is COc1ccc(Br)cc1C(=O)Nc1ccc(Br)cc1F. The molecule has 0 unspecified atom stereocenters. The molecule has 2 rings (SSSR count). The van der Waals surface area contributed by atoms with Crippen molar-refractivity contribution in [2.45, 2.75) is 0 Å². The molecule has 0 saturated carbocycles. The molecule has 20 heavy (non-hydrogen) atoms. The minimum absolute atomic E-state index is 0.111. The van der Waals surface area contributed by atoms with Crippen molar-refractivity contribution < 1.29 is 13.9 Å². The summed E-state index contributed by atoms with van der Waals surface area (Å²) < 4.78 is 20.2. The number of methoxy groups -OCH3 is 1. The molecule has 0 aliphatic rings. The highest BCUT2D eigenvalue weighted by molar-refractivity contribution is 9.10. The Balaban J connectivity index is 2.30. The van der Waals surface area contributed by atoms with E-state index in [-0.39, 0.29) is 5.69 Å². The van der Waals surface area contributed by atoms with Crippen LogP contribution < -0.4 is 10.1 Å². The summed E-state index contributed by atoms with van der Waals surface area (Å²) in [5.41, 5.74) is 0.435. The van der Waals surface area contributed by atoms with Gasteiger partial charge in [-0.25, -0.2) is 4.39 Å². The average molecular weight is 403 g/mol. The summed E-state index contributed by atoms with van der Waals surface area (Å²) in [6.45, 7) is 0. The monoisotopic (exact) mass is 401 g/mol. The van der Waals surface area contributed by atoms with E-state index in [4.69, 9.17) is 4.74 Å². The highest BCUT2D eigenvalue weighted by Crippen LogP contribution is 2.25. The normalized spacial score (nSPS) is 10.2. The first-order chi connectivity index (χ1) is 9.51. The van der Waals surface area contributed by atoms with Gasteiger partial charge in [0.25, 0.3) is 5.91 Å². The fourth-order valence-corrected chi connectivity index (χ4v) is 2.33. The van der Waals surface area contributed by atoms with Gasteiger partial charge in [-0.1, -0.05) is 31.9 Å². The predicted octanol–water partition coefficient (Wildman–Crippen LogP) is 4.61. The van der Waals surface area contributed by atoms with E-state index < -0.39 is 11.7 Å². The molecule has 0 radical (unpaired) electrons. The second kappa shape index (κ2) is 6.37. The summed E-state index contributed by atoms with van der Waals surface area (Å²) in [5.74, 6) is -0.533. The summed E-state index contributed by atoms with van der Waals surface area (Å²) in [7, 11) is 1.47. The third-order valence-electron chi connectivity index (χ3n) is 2.59. The van der Waals surface area contributed by atoms with Crippen molar-refractivity contribution in [3.63, 3.8) is 0 Å². The van der Waals surface area contributed by atoms with Gasteiger partial charge >= 0.3 is 0 Å². The first-order valence-electron chi connectivity index (χ1n) is 5.61. The molecule has 0 aliphatic heterocycles. The molecule has 0 spiro atoms. The van der Waals surface area contributed by atoms with Crippen LogP contribution in [0, 0.1) is 5.82 Å². The molecule has 0 atom stereocenters. The van der Waals surface area contributed by atoms with Crippen molar-refractivity contribution in [2.75, 3.05) is 12.4 Å². The van der Waals surface area contributed by atoms with Crippen molar-refractivity contribution in [3.05, 3.63) is 56.7 Å². The summed E-state index contributed by atoms with van der Waals surface area (Å²) in [4.78, 5) is 12.2. The van der Waals surface area contributed by atoms with Crippen LogP contribution in [-0.4, -0.2) is 13.0 Å². The average Bonchev–Trinajstić information content (AvgIpc) is 2.41. The van der Waals surface area contributed by atoms with Crippen LogP contribution in [0.25, 0.3) is 0 Å². The number of amides is 1. The Hall–Kier alpha value is -1.40. The fraction of sp³-hybridized carbons (Fsp3) is 0.0714. The van der Waals surface area contributed by atoms with E-state index in [9.17, 15) is 9.18 Å². The molecule has 1 amide bonds. The molecule has 0 aliphatic carbocycles. The third-order valence-corrected chi connectivity index (χ3v) is 3.57. The second-order valence-electron chi connectivity index (χ2n) is 3.92. The molecule has 2 aromatic carbocycles. The molecule has 0 fully saturated rings. The molecule has 6 heteroatoms. The smallest absolute Gasteiger partial charge is 0.259 e. The lowest BCUT2D eigenvalue weighted by Gasteiger charge is -2.10. The van der Waals surface area contributed by atoms with E-state index in [1.54, 1.807) is 24.3 Å². The molecule has 0 aromatic heterocycles. The highest BCUT2D eigenvalue weighted by Gasteiger charge is 2.14. The standard InChI is InChI=1S/C14H10Br2FNO2/c1-20-13-5-3-8(15)6-10(13)14(19)18-12-4-2-9(16)7-11(12)17/h2-7H,1H3,(H,18,19). The quantitative estimate of drug-likeness (QED) is 0.813. The zero-order chi connectivity index (χ0) is 14.7. The molecule has 0 bridgehead atoms. The summed E-state index contributed by atoms with van der Waals surface area (Å²) in [5, 5.41) is 2.52. The minimum Gasteiger partial charge on any atom is -0.496 e. The molecule has 0 heterocycles. The van der Waals surface area contributed by atoms with Gasteiger partial charge in [0.15, 0.2) is 0 Å². The molecule has 0 saturated heterocycles. The lowest BCUT2D eigenvalue weighted by atomic mass is 10.2. The number of carbonyl (C=O) groups is 1. The van der Waals surface area contributed by atoms with Crippen LogP contribution in [0.5, 0.6) is 5.75 Å². The van der Waals surface area contributed by atoms with Gasteiger partial charge in [0.05, 0.1) is 18.4 Å². The largest absolute Gasteiger partial charge is 0.496 e. The van der Waals surface area contributed by atoms with Crippen LogP contribution in [0.2, 0.25) is 0 Å². The van der Waals surface area contributed by atoms with Crippen molar-refractivity contribution in [2.24, 2.45) is 0 Å². The first-order valence-corrected chi connectivity index (χ1v) is 7.20. The van der Waals surface area contributed by atoms with Crippen LogP contribution in [0.4, 0.5) is 10.1 Å². The van der Waals surface area contributed by atoms with Crippen LogP contribution in [-0.2, 0) is 0 Å². The van der Waals surface area contributed by atoms with E-state index in [2.05, 4.69) is 37.2 Å². The number of carbonyl (C=O) groups excluding carboxylic acids is 1. The number of halogens is 3. The Kier molecular flexibility index (Phi) is 4.77. The van der Waals surface area contributed by atoms with Gasteiger partial charge in [0.2, 0.25) is 0 Å². The van der Waals surface area contributed by atoms with Gasteiger partial charge < -0.3 is 10.1 Å². The van der Waals surface area contributed by atoms with Crippen molar-refractivity contribution in [1.29, 1.82) is 0 Å². The predicted molar refractivity (Wildman–Crippen MR) is 82.7 cm³/mol. The number of rotatable bonds is 3. The summed E-state index contributed by atoms with van der Waals surface area (Å²) in [6, 6.07) is 9.46.